The van der Waals surface area contributed by atoms with E-state index in [2.05, 4.69) is 121 Å². The Morgan fingerprint density at radius 3 is 1.22 bits per heavy atom. The minimum atomic E-state index is 1.28. The topological polar surface area (TPSA) is 0 Å². The van der Waals surface area contributed by atoms with Gasteiger partial charge in [-0.1, -0.05) is 109 Å². The molecule has 0 amide bonds. The summed E-state index contributed by atoms with van der Waals surface area (Å²) < 4.78 is 0. The minimum absolute atomic E-state index is 1.28. The highest BCUT2D eigenvalue weighted by Gasteiger charge is 2.22. The lowest BCUT2D eigenvalue weighted by molar-refractivity contribution is 1.53. The molecule has 6 aromatic rings. The molecule has 0 unspecified atom stereocenters. The van der Waals surface area contributed by atoms with Crippen LogP contribution in [0, 0.1) is 0 Å². The van der Waals surface area contributed by atoms with Crippen LogP contribution in [0.3, 0.4) is 0 Å². The van der Waals surface area contributed by atoms with Crippen LogP contribution in [0.25, 0.3) is 66.1 Å². The second-order valence-corrected chi connectivity index (χ2v) is 8.54. The summed E-state index contributed by atoms with van der Waals surface area (Å²) in [5.41, 5.74) is 10.3. The molecule has 0 saturated heterocycles. The number of benzene rings is 6. The maximum atomic E-state index is 2.41. The lowest BCUT2D eigenvalue weighted by atomic mass is 9.80. The molecule has 0 saturated carbocycles. The molecule has 148 valence electrons. The highest BCUT2D eigenvalue weighted by atomic mass is 14.2. The quantitative estimate of drug-likeness (QED) is 0.221. The summed E-state index contributed by atoms with van der Waals surface area (Å²) in [6, 6.07) is 44.5. The fourth-order valence-corrected chi connectivity index (χ4v) is 5.36. The molecule has 32 heavy (non-hydrogen) atoms. The monoisotopic (exact) mass is 404 g/mol. The van der Waals surface area contributed by atoms with Gasteiger partial charge in [-0.3, -0.25) is 0 Å². The Labute approximate surface area is 187 Å². The maximum Gasteiger partial charge on any atom is -0.00923 e. The SMILES string of the molecule is c1ccc2c(c1)-c1ccccc1-c1cc3ccc4ccccc4c3cc1-c1ccccc1-2. The van der Waals surface area contributed by atoms with Gasteiger partial charge in [0, 0.05) is 0 Å². The molecule has 0 fully saturated rings. The Hall–Kier alpha value is -4.16. The van der Waals surface area contributed by atoms with Crippen molar-refractivity contribution in [3.05, 3.63) is 121 Å². The zero-order valence-electron chi connectivity index (χ0n) is 17.5. The second kappa shape index (κ2) is 6.67. The van der Waals surface area contributed by atoms with Crippen LogP contribution in [0.4, 0.5) is 0 Å². The number of hydrogen-bond acceptors (Lipinski definition) is 0. The van der Waals surface area contributed by atoms with Crippen molar-refractivity contribution in [2.24, 2.45) is 0 Å². The molecule has 0 radical (unpaired) electrons. The fourth-order valence-electron chi connectivity index (χ4n) is 5.36. The van der Waals surface area contributed by atoms with E-state index in [0.717, 1.165) is 0 Å². The van der Waals surface area contributed by atoms with Gasteiger partial charge < -0.3 is 0 Å². The van der Waals surface area contributed by atoms with Crippen molar-refractivity contribution in [2.75, 3.05) is 0 Å². The van der Waals surface area contributed by atoms with E-state index in [9.17, 15) is 0 Å². The Bertz CT molecular complexity index is 1670. The molecule has 0 heterocycles. The Morgan fingerprint density at radius 1 is 0.250 bits per heavy atom. The number of rotatable bonds is 0. The first-order valence-corrected chi connectivity index (χ1v) is 11.1. The summed E-state index contributed by atoms with van der Waals surface area (Å²) in [4.78, 5) is 0. The van der Waals surface area contributed by atoms with Crippen LogP contribution >= 0.6 is 0 Å². The zero-order chi connectivity index (χ0) is 21.1. The van der Waals surface area contributed by atoms with Gasteiger partial charge in [-0.2, -0.15) is 0 Å². The first kappa shape index (κ1) is 17.5. The van der Waals surface area contributed by atoms with Gasteiger partial charge in [-0.05, 0) is 78.2 Å². The van der Waals surface area contributed by atoms with Crippen molar-refractivity contribution in [2.45, 2.75) is 0 Å². The molecule has 0 atom stereocenters. The molecule has 0 spiro atoms. The average Bonchev–Trinajstić information content (AvgIpc) is 2.87. The standard InChI is InChI=1S/C32H20/c1-2-10-23-21(9-1)17-18-22-19-31-28-15-7-5-13-26(28)24-11-3-4-12-25(24)27-14-6-8-16-29(27)32(31)20-30(22)23/h1-20H. The largest absolute Gasteiger partial charge is 0.0616 e. The molecule has 0 aliphatic heterocycles. The molecular formula is C32H20. The van der Waals surface area contributed by atoms with Crippen molar-refractivity contribution in [3.8, 4) is 44.5 Å². The third kappa shape index (κ3) is 2.44. The van der Waals surface area contributed by atoms with Gasteiger partial charge in [0.1, 0.15) is 0 Å². The molecule has 0 N–H and O–H groups in total. The lowest BCUT2D eigenvalue weighted by Crippen LogP contribution is -1.97. The first-order chi connectivity index (χ1) is 15.9. The van der Waals surface area contributed by atoms with Gasteiger partial charge >= 0.3 is 0 Å². The third-order valence-electron chi connectivity index (χ3n) is 6.82. The van der Waals surface area contributed by atoms with E-state index in [1.54, 1.807) is 0 Å². The molecule has 0 aromatic heterocycles. The Morgan fingerprint density at radius 2 is 0.656 bits per heavy atom. The summed E-state index contributed by atoms with van der Waals surface area (Å²) in [5.74, 6) is 0. The van der Waals surface area contributed by atoms with Gasteiger partial charge in [0.05, 0.1) is 0 Å². The third-order valence-corrected chi connectivity index (χ3v) is 6.82. The van der Waals surface area contributed by atoms with Crippen LogP contribution in [-0.2, 0) is 0 Å². The molecule has 0 nitrogen and oxygen atoms in total. The second-order valence-electron chi connectivity index (χ2n) is 8.54. The van der Waals surface area contributed by atoms with Gasteiger partial charge in [0.25, 0.3) is 0 Å². The van der Waals surface area contributed by atoms with E-state index in [4.69, 9.17) is 0 Å². The van der Waals surface area contributed by atoms with E-state index < -0.39 is 0 Å². The van der Waals surface area contributed by atoms with Crippen molar-refractivity contribution in [3.63, 3.8) is 0 Å². The Balaban J connectivity index is 1.70. The fraction of sp³-hybridized carbons (Fsp3) is 0. The van der Waals surface area contributed by atoms with Crippen LogP contribution in [0.15, 0.2) is 121 Å². The van der Waals surface area contributed by atoms with E-state index in [1.807, 2.05) is 0 Å². The van der Waals surface area contributed by atoms with Crippen molar-refractivity contribution in [1.82, 2.24) is 0 Å². The highest BCUT2D eigenvalue weighted by Crippen LogP contribution is 2.48. The lowest BCUT2D eigenvalue weighted by Gasteiger charge is -2.23. The van der Waals surface area contributed by atoms with E-state index in [-0.39, 0.29) is 0 Å². The zero-order valence-corrected chi connectivity index (χ0v) is 17.5. The summed E-state index contributed by atoms with van der Waals surface area (Å²) in [5, 5.41) is 5.18. The van der Waals surface area contributed by atoms with Crippen LogP contribution in [0.5, 0.6) is 0 Å². The molecule has 0 heteroatoms. The van der Waals surface area contributed by atoms with Gasteiger partial charge in [-0.15, -0.1) is 0 Å². The van der Waals surface area contributed by atoms with Crippen LogP contribution in [0.2, 0.25) is 0 Å². The van der Waals surface area contributed by atoms with E-state index >= 15 is 0 Å². The average molecular weight is 405 g/mol. The molecule has 6 aromatic carbocycles. The molecule has 1 aliphatic rings. The Kier molecular flexibility index (Phi) is 3.65. The summed E-state index contributed by atoms with van der Waals surface area (Å²) in [7, 11) is 0. The number of hydrogen-bond donors (Lipinski definition) is 0. The van der Waals surface area contributed by atoms with Crippen LogP contribution in [0.1, 0.15) is 0 Å². The summed E-state index contributed by atoms with van der Waals surface area (Å²) >= 11 is 0. The predicted octanol–water partition coefficient (Wildman–Crippen LogP) is 8.97. The van der Waals surface area contributed by atoms with Gasteiger partial charge in [0.15, 0.2) is 0 Å². The number of fused-ring (bicyclic) bond motifs is 11. The van der Waals surface area contributed by atoms with Crippen LogP contribution < -0.4 is 0 Å². The molecule has 0 bridgehead atoms. The van der Waals surface area contributed by atoms with Crippen molar-refractivity contribution < 1.29 is 0 Å². The molecular weight excluding hydrogens is 384 g/mol. The van der Waals surface area contributed by atoms with Crippen LogP contribution in [-0.4, -0.2) is 0 Å². The molecule has 7 rings (SSSR count). The van der Waals surface area contributed by atoms with Crippen molar-refractivity contribution in [1.29, 1.82) is 0 Å². The van der Waals surface area contributed by atoms with E-state index in [1.165, 1.54) is 66.1 Å². The highest BCUT2D eigenvalue weighted by molar-refractivity contribution is 6.13. The first-order valence-electron chi connectivity index (χ1n) is 11.1. The molecule has 1 aliphatic carbocycles. The van der Waals surface area contributed by atoms with E-state index in [0.29, 0.717) is 0 Å². The summed E-state index contributed by atoms with van der Waals surface area (Å²) in [6.07, 6.45) is 0. The maximum absolute atomic E-state index is 2.41. The summed E-state index contributed by atoms with van der Waals surface area (Å²) in [6.45, 7) is 0. The minimum Gasteiger partial charge on any atom is -0.0616 e. The van der Waals surface area contributed by atoms with Gasteiger partial charge in [-0.25, -0.2) is 0 Å². The van der Waals surface area contributed by atoms with Gasteiger partial charge in [0.2, 0.25) is 0 Å². The normalized spacial score (nSPS) is 11.8. The predicted molar refractivity (Wildman–Crippen MR) is 137 cm³/mol. The van der Waals surface area contributed by atoms with Crippen molar-refractivity contribution >= 4 is 21.5 Å². The smallest absolute Gasteiger partial charge is 0.00923 e.